The molecule has 3 N–H and O–H groups in total. The van der Waals surface area contributed by atoms with Crippen LogP contribution in [-0.4, -0.2) is 16.1 Å². The third-order valence-electron chi connectivity index (χ3n) is 2.45. The van der Waals surface area contributed by atoms with E-state index in [-0.39, 0.29) is 18.1 Å². The predicted molar refractivity (Wildman–Crippen MR) is 81.5 cm³/mol. The molecule has 1 heterocycles. The zero-order valence-electron chi connectivity index (χ0n) is 9.61. The van der Waals surface area contributed by atoms with Crippen LogP contribution in [0.5, 0.6) is 0 Å². The van der Waals surface area contributed by atoms with Gasteiger partial charge in [0.2, 0.25) is 0 Å². The van der Waals surface area contributed by atoms with E-state index in [0.29, 0.717) is 17.3 Å². The van der Waals surface area contributed by atoms with E-state index >= 15 is 0 Å². The van der Waals surface area contributed by atoms with E-state index in [2.05, 4.69) is 26.2 Å². The van der Waals surface area contributed by atoms with Crippen LogP contribution in [0.1, 0.15) is 16.1 Å². The number of hydrogen-bond donors (Lipinski definition) is 3. The lowest BCUT2D eigenvalue weighted by Crippen LogP contribution is -2.05. The van der Waals surface area contributed by atoms with Crippen LogP contribution in [0.3, 0.4) is 0 Å². The average Bonchev–Trinajstić information content (AvgIpc) is 2.76. The Balaban J connectivity index is 0.00000180. The normalized spacial score (nSPS) is 9.79. The molecule has 0 unspecified atom stereocenters. The van der Waals surface area contributed by atoms with Crippen LogP contribution in [-0.2, 0) is 6.54 Å². The molecule has 1 aromatic carbocycles. The molecule has 0 amide bonds. The van der Waals surface area contributed by atoms with Gasteiger partial charge in [-0.15, -0.1) is 12.4 Å². The van der Waals surface area contributed by atoms with Crippen LogP contribution in [0, 0.1) is 0 Å². The molecule has 7 heteroatoms. The second-order valence-electron chi connectivity index (χ2n) is 3.66. The number of aromatic carboxylic acids is 1. The lowest BCUT2D eigenvalue weighted by molar-refractivity contribution is 0.0692. The summed E-state index contributed by atoms with van der Waals surface area (Å²) in [6.45, 7) is 0.510. The Hall–Kier alpha value is -1.17. The second kappa shape index (κ2) is 6.84. The van der Waals surface area contributed by atoms with Crippen molar-refractivity contribution in [1.82, 2.24) is 4.98 Å². The fraction of sp³-hybridized carbons (Fsp3) is 0.0833. The first-order chi connectivity index (χ1) is 8.58. The van der Waals surface area contributed by atoms with Gasteiger partial charge in [0.25, 0.3) is 0 Å². The third kappa shape index (κ3) is 3.89. The minimum atomic E-state index is -0.988. The van der Waals surface area contributed by atoms with Gasteiger partial charge in [0.15, 0.2) is 0 Å². The topological polar surface area (TPSA) is 65.1 Å². The number of aromatic nitrogens is 1. The number of H-pyrrole nitrogens is 1. The quantitative estimate of drug-likeness (QED) is 0.762. The number of nitrogens with one attached hydrogen (secondary N) is 2. The molecule has 0 radical (unpaired) electrons. The van der Waals surface area contributed by atoms with Crippen LogP contribution in [0.25, 0.3) is 0 Å². The van der Waals surface area contributed by atoms with E-state index in [9.17, 15) is 4.79 Å². The predicted octanol–water partition coefficient (Wildman–Crippen LogP) is 4.16. The molecule has 0 aliphatic carbocycles. The fourth-order valence-electron chi connectivity index (χ4n) is 1.55. The highest BCUT2D eigenvalue weighted by molar-refractivity contribution is 9.10. The molecule has 0 fully saturated rings. The van der Waals surface area contributed by atoms with Crippen LogP contribution in [0.4, 0.5) is 5.69 Å². The van der Waals surface area contributed by atoms with Crippen molar-refractivity contribution in [1.29, 1.82) is 0 Å². The molecule has 2 rings (SSSR count). The van der Waals surface area contributed by atoms with Gasteiger partial charge in [-0.05, 0) is 23.8 Å². The van der Waals surface area contributed by atoms with Gasteiger partial charge < -0.3 is 15.4 Å². The number of hydrogen-bond acceptors (Lipinski definition) is 2. The zero-order chi connectivity index (χ0) is 13.1. The van der Waals surface area contributed by atoms with Gasteiger partial charge in [0.1, 0.15) is 5.69 Å². The van der Waals surface area contributed by atoms with Gasteiger partial charge in [-0.3, -0.25) is 0 Å². The van der Waals surface area contributed by atoms with Crippen LogP contribution < -0.4 is 5.32 Å². The molecule has 102 valence electrons. The van der Waals surface area contributed by atoms with Crippen molar-refractivity contribution < 1.29 is 9.90 Å². The van der Waals surface area contributed by atoms with Gasteiger partial charge in [0, 0.05) is 22.2 Å². The minimum absolute atomic E-state index is 0. The Morgan fingerprint density at radius 3 is 2.79 bits per heavy atom. The molecule has 19 heavy (non-hydrogen) atoms. The molecule has 0 bridgehead atoms. The van der Waals surface area contributed by atoms with E-state index in [1.807, 2.05) is 6.07 Å². The largest absolute Gasteiger partial charge is 0.477 e. The van der Waals surface area contributed by atoms with E-state index in [1.54, 1.807) is 24.4 Å². The first-order valence-electron chi connectivity index (χ1n) is 5.16. The third-order valence-corrected chi connectivity index (χ3v) is 3.42. The molecule has 0 aliphatic rings. The Morgan fingerprint density at radius 2 is 2.16 bits per heavy atom. The summed E-state index contributed by atoms with van der Waals surface area (Å²) in [5.74, 6) is -0.988. The Morgan fingerprint density at radius 1 is 1.42 bits per heavy atom. The molecule has 2 aromatic rings. The van der Waals surface area contributed by atoms with Crippen molar-refractivity contribution in [3.63, 3.8) is 0 Å². The van der Waals surface area contributed by atoms with E-state index in [4.69, 9.17) is 16.7 Å². The lowest BCUT2D eigenvalue weighted by atomic mass is 10.2. The molecule has 0 atom stereocenters. The van der Waals surface area contributed by atoms with E-state index in [0.717, 1.165) is 10.0 Å². The summed E-state index contributed by atoms with van der Waals surface area (Å²) in [5, 5.41) is 12.7. The van der Waals surface area contributed by atoms with Crippen LogP contribution in [0.15, 0.2) is 34.9 Å². The number of carboxylic acids is 1. The van der Waals surface area contributed by atoms with Gasteiger partial charge in [-0.1, -0.05) is 33.6 Å². The maximum atomic E-state index is 10.9. The SMILES string of the molecule is Cl.O=C(O)c1[nH]ccc1NCc1ccc(Cl)cc1Br. The van der Waals surface area contributed by atoms with Crippen molar-refractivity contribution in [3.05, 3.63) is 51.2 Å². The number of halogens is 3. The highest BCUT2D eigenvalue weighted by atomic mass is 79.9. The number of carboxylic acid groups (broad SMARTS) is 1. The maximum absolute atomic E-state index is 10.9. The van der Waals surface area contributed by atoms with Crippen molar-refractivity contribution in [2.24, 2.45) is 0 Å². The molecular weight excluding hydrogens is 355 g/mol. The molecule has 4 nitrogen and oxygen atoms in total. The molecule has 0 spiro atoms. The van der Waals surface area contributed by atoms with Crippen molar-refractivity contribution in [3.8, 4) is 0 Å². The smallest absolute Gasteiger partial charge is 0.354 e. The number of carbonyl (C=O) groups is 1. The number of rotatable bonds is 4. The summed E-state index contributed by atoms with van der Waals surface area (Å²) in [7, 11) is 0. The second-order valence-corrected chi connectivity index (χ2v) is 4.95. The lowest BCUT2D eigenvalue weighted by Gasteiger charge is -2.08. The van der Waals surface area contributed by atoms with E-state index < -0.39 is 5.97 Å². The van der Waals surface area contributed by atoms with Gasteiger partial charge >= 0.3 is 5.97 Å². The number of benzene rings is 1. The maximum Gasteiger partial charge on any atom is 0.354 e. The number of aromatic amines is 1. The monoisotopic (exact) mass is 364 g/mol. The van der Waals surface area contributed by atoms with Gasteiger partial charge in [-0.25, -0.2) is 4.79 Å². The molecule has 1 aromatic heterocycles. The summed E-state index contributed by atoms with van der Waals surface area (Å²) in [4.78, 5) is 13.6. The van der Waals surface area contributed by atoms with Gasteiger partial charge in [-0.2, -0.15) is 0 Å². The van der Waals surface area contributed by atoms with Crippen molar-refractivity contribution in [2.75, 3.05) is 5.32 Å². The molecular formula is C12H11BrCl2N2O2. The Kier molecular flexibility index (Phi) is 5.72. The first kappa shape index (κ1) is 15.9. The molecule has 0 saturated carbocycles. The fourth-order valence-corrected chi connectivity index (χ4v) is 2.37. The van der Waals surface area contributed by atoms with Crippen LogP contribution in [0.2, 0.25) is 5.02 Å². The van der Waals surface area contributed by atoms with Crippen molar-refractivity contribution in [2.45, 2.75) is 6.54 Å². The number of anilines is 1. The summed E-state index contributed by atoms with van der Waals surface area (Å²) in [6, 6.07) is 7.16. The van der Waals surface area contributed by atoms with Crippen LogP contribution >= 0.6 is 39.9 Å². The molecule has 0 saturated heterocycles. The summed E-state index contributed by atoms with van der Waals surface area (Å²) in [5.41, 5.74) is 1.71. The molecule has 0 aliphatic heterocycles. The van der Waals surface area contributed by atoms with Crippen molar-refractivity contribution >= 4 is 51.6 Å². The highest BCUT2D eigenvalue weighted by Crippen LogP contribution is 2.23. The Bertz CT molecular complexity index is 587. The standard InChI is InChI=1S/C12H10BrClN2O2.ClH/c13-9-5-8(14)2-1-7(9)6-16-10-3-4-15-11(10)12(17)18;/h1-5,15-16H,6H2,(H,17,18);1H. The Labute approximate surface area is 129 Å². The zero-order valence-corrected chi connectivity index (χ0v) is 12.8. The summed E-state index contributed by atoms with van der Waals surface area (Å²) >= 11 is 9.26. The summed E-state index contributed by atoms with van der Waals surface area (Å²) in [6.07, 6.45) is 1.59. The summed E-state index contributed by atoms with van der Waals surface area (Å²) < 4.78 is 0.884. The minimum Gasteiger partial charge on any atom is -0.477 e. The van der Waals surface area contributed by atoms with E-state index in [1.165, 1.54) is 0 Å². The average molecular weight is 366 g/mol. The van der Waals surface area contributed by atoms with Gasteiger partial charge in [0.05, 0.1) is 5.69 Å². The first-order valence-corrected chi connectivity index (χ1v) is 6.33. The highest BCUT2D eigenvalue weighted by Gasteiger charge is 2.10.